The molecule has 66 valence electrons. The second kappa shape index (κ2) is 10.6. The first kappa shape index (κ1) is 24.4. The summed E-state index contributed by atoms with van der Waals surface area (Å²) in [5.41, 5.74) is 0. The van der Waals surface area contributed by atoms with Crippen molar-refractivity contribution in [2.45, 2.75) is 0 Å². The smallest absolute Gasteiger partial charge is 0.780 e. The third kappa shape index (κ3) is 200. The van der Waals surface area contributed by atoms with Gasteiger partial charge < -0.3 is 18.2 Å². The van der Waals surface area contributed by atoms with Gasteiger partial charge in [0.1, 0.15) is 0 Å². The van der Waals surface area contributed by atoms with E-state index in [2.05, 4.69) is 22.4 Å². The molecule has 0 aromatic carbocycles. The molecule has 0 atom stereocenters. The van der Waals surface area contributed by atoms with Gasteiger partial charge in [0.2, 0.25) is 0 Å². The Morgan fingerprint density at radius 2 is 0.833 bits per heavy atom. The van der Waals surface area contributed by atoms with E-state index in [1.807, 2.05) is 0 Å². The molecular formula is BiKO6S4. The average molecular weight is 472 g/mol. The van der Waals surface area contributed by atoms with Gasteiger partial charge in [0.05, 0.1) is 0 Å². The van der Waals surface area contributed by atoms with Crippen molar-refractivity contribution in [3.8, 4) is 0 Å². The van der Waals surface area contributed by atoms with Gasteiger partial charge in [-0.15, -0.1) is 18.1 Å². The van der Waals surface area contributed by atoms with Crippen LogP contribution in [0.5, 0.6) is 0 Å². The molecule has 0 heterocycles. The maximum absolute atomic E-state index is 8.89. The van der Waals surface area contributed by atoms with Gasteiger partial charge in [0, 0.05) is 0 Å². The normalized spacial score (nSPS) is 9.67. The second-order valence-electron chi connectivity index (χ2n) is 0.816. The molecule has 12 heteroatoms. The van der Waals surface area contributed by atoms with Crippen molar-refractivity contribution in [2.75, 3.05) is 0 Å². The van der Waals surface area contributed by atoms with E-state index in [0.717, 1.165) is 0 Å². The molecule has 0 aliphatic carbocycles. The Balaban J connectivity index is -0.0000000457. The first-order valence-corrected chi connectivity index (χ1v) is 6.00. The van der Waals surface area contributed by atoms with Crippen LogP contribution in [-0.4, -0.2) is 52.8 Å². The molecule has 0 rings (SSSR count). The van der Waals surface area contributed by atoms with Gasteiger partial charge in [-0.05, 0) is 22.4 Å². The van der Waals surface area contributed by atoms with Crippen LogP contribution in [0.1, 0.15) is 0 Å². The largest absolute Gasteiger partial charge is 3.00 e. The summed E-state index contributed by atoms with van der Waals surface area (Å²) < 4.78 is 53.3. The molecule has 0 saturated carbocycles. The third-order valence-corrected chi connectivity index (χ3v) is 0. The van der Waals surface area contributed by atoms with E-state index in [-0.39, 0.29) is 77.6 Å². The van der Waals surface area contributed by atoms with Crippen LogP contribution in [0.15, 0.2) is 0 Å². The number of rotatable bonds is 0. The van der Waals surface area contributed by atoms with Gasteiger partial charge in [0.25, 0.3) is 0 Å². The van der Waals surface area contributed by atoms with Crippen LogP contribution < -0.4 is 51.4 Å². The minimum absolute atomic E-state index is 0. The molecule has 0 aliphatic rings. The minimum Gasteiger partial charge on any atom is -0.780 e. The molecule has 0 fully saturated rings. The summed E-state index contributed by atoms with van der Waals surface area (Å²) in [5.74, 6) is 0. The first-order valence-electron chi connectivity index (χ1n) is 1.33. The predicted octanol–water partition coefficient (Wildman–Crippen LogP) is -5.39. The van der Waals surface area contributed by atoms with Crippen molar-refractivity contribution in [2.24, 2.45) is 0 Å². The van der Waals surface area contributed by atoms with E-state index in [9.17, 15) is 0 Å². The monoisotopic (exact) mass is 472 g/mol. The Labute approximate surface area is 141 Å². The molecule has 0 saturated heterocycles. The van der Waals surface area contributed by atoms with Gasteiger partial charge in [-0.25, -0.2) is 0 Å². The zero-order valence-electron chi connectivity index (χ0n) is 5.53. The fourth-order valence-electron chi connectivity index (χ4n) is 0. The first-order chi connectivity index (χ1) is 4.00. The van der Waals surface area contributed by atoms with E-state index in [1.54, 1.807) is 0 Å². The predicted molar refractivity (Wildman–Crippen MR) is 39.9 cm³/mol. The molecule has 0 amide bonds. The van der Waals surface area contributed by atoms with Crippen molar-refractivity contribution >= 4 is 66.7 Å². The molecule has 0 aromatic rings. The van der Waals surface area contributed by atoms with Gasteiger partial charge >= 0.3 is 77.6 Å². The molecule has 0 spiro atoms. The number of hydrogen-bond donors (Lipinski definition) is 0. The summed E-state index contributed by atoms with van der Waals surface area (Å²) in [6.07, 6.45) is 0. The van der Waals surface area contributed by atoms with Crippen molar-refractivity contribution < 1.29 is 78.0 Å². The van der Waals surface area contributed by atoms with Crippen LogP contribution in [0.2, 0.25) is 0 Å². The minimum atomic E-state index is -4.33. The molecule has 0 aliphatic heterocycles. The van der Waals surface area contributed by atoms with Crippen LogP contribution >= 0.6 is 0 Å². The van der Waals surface area contributed by atoms with E-state index in [0.29, 0.717) is 0 Å². The van der Waals surface area contributed by atoms with Gasteiger partial charge in [-0.1, -0.05) is 0 Å². The van der Waals surface area contributed by atoms with Crippen molar-refractivity contribution in [1.82, 2.24) is 0 Å². The fourth-order valence-corrected chi connectivity index (χ4v) is 0. The van der Waals surface area contributed by atoms with E-state index in [1.165, 1.54) is 0 Å². The molecule has 6 nitrogen and oxygen atoms in total. The molecule has 0 aromatic heterocycles. The molecule has 0 N–H and O–H groups in total. The Morgan fingerprint density at radius 1 is 0.833 bits per heavy atom. The molecule has 2 radical (unpaired) electrons. The van der Waals surface area contributed by atoms with E-state index < -0.39 is 18.1 Å². The fraction of sp³-hybridized carbons (Fsp3) is 0. The summed E-state index contributed by atoms with van der Waals surface area (Å²) in [5, 5.41) is 0. The van der Waals surface area contributed by atoms with Crippen molar-refractivity contribution in [3.05, 3.63) is 0 Å². The van der Waals surface area contributed by atoms with Crippen LogP contribution in [-0.2, 0) is 40.5 Å². The van der Waals surface area contributed by atoms with E-state index >= 15 is 0 Å². The van der Waals surface area contributed by atoms with Crippen LogP contribution in [0.25, 0.3) is 0 Å². The Hall–Kier alpha value is 3.10. The van der Waals surface area contributed by atoms with Crippen LogP contribution in [0.3, 0.4) is 0 Å². The molecule has 12 heavy (non-hydrogen) atoms. The van der Waals surface area contributed by atoms with Crippen molar-refractivity contribution in [1.29, 1.82) is 0 Å². The molecule has 0 unspecified atom stereocenters. The molecular weight excluding hydrogens is 472 g/mol. The zero-order valence-corrected chi connectivity index (χ0v) is 15.4. The quantitative estimate of drug-likeness (QED) is 0.320. The maximum atomic E-state index is 8.89. The summed E-state index contributed by atoms with van der Waals surface area (Å²) in [6, 6.07) is 0. The maximum Gasteiger partial charge on any atom is 3.00 e. The van der Waals surface area contributed by atoms with E-state index in [4.69, 9.17) is 26.6 Å². The SMILES string of the molecule is O=S([O-])([O-])=S.O=S([O-])([O-])=S.[Bi+3].[K+]. The van der Waals surface area contributed by atoms with Crippen LogP contribution in [0.4, 0.5) is 0 Å². The summed E-state index contributed by atoms with van der Waals surface area (Å²) in [7, 11) is -8.67. The Kier molecular flexibility index (Phi) is 21.5. The summed E-state index contributed by atoms with van der Waals surface area (Å²) >= 11 is 6.49. The van der Waals surface area contributed by atoms with Gasteiger partial charge in [0.15, 0.2) is 0 Å². The van der Waals surface area contributed by atoms with Gasteiger partial charge in [-0.3, -0.25) is 8.42 Å². The van der Waals surface area contributed by atoms with Gasteiger partial charge in [-0.2, -0.15) is 0 Å². The second-order valence-corrected chi connectivity index (χ2v) is 4.90. The molecule has 0 bridgehead atoms. The standard InChI is InChI=1S/Bi.K.2H2O3S2/c;;2*1-5(2,3)4/h;;2*(H2,1,2,3,4)/q+3;+1;;/p-4. The Morgan fingerprint density at radius 3 is 0.833 bits per heavy atom. The summed E-state index contributed by atoms with van der Waals surface area (Å²) in [6.45, 7) is 0. The topological polar surface area (TPSA) is 126 Å². The Bertz CT molecular complexity index is 216. The van der Waals surface area contributed by atoms with Crippen molar-refractivity contribution in [3.63, 3.8) is 0 Å². The number of hydrogen-bond acceptors (Lipinski definition) is 8. The summed E-state index contributed by atoms with van der Waals surface area (Å²) in [4.78, 5) is 0. The zero-order chi connectivity index (χ0) is 9.00. The van der Waals surface area contributed by atoms with Crippen LogP contribution in [0, 0.1) is 0 Å². The average Bonchev–Trinajstić information content (AvgIpc) is 1.12. The third-order valence-electron chi connectivity index (χ3n) is 0.